The first kappa shape index (κ1) is 13.9. The first-order valence-corrected chi connectivity index (χ1v) is 6.40. The number of halogens is 1. The maximum Gasteiger partial charge on any atom is 0.107 e. The van der Waals surface area contributed by atoms with Crippen LogP contribution in [0.5, 0.6) is 0 Å². The van der Waals surface area contributed by atoms with Crippen molar-refractivity contribution in [1.82, 2.24) is 9.88 Å². The van der Waals surface area contributed by atoms with Crippen molar-refractivity contribution >= 4 is 23.7 Å². The van der Waals surface area contributed by atoms with Crippen molar-refractivity contribution < 1.29 is 0 Å². The lowest BCUT2D eigenvalue weighted by Gasteiger charge is -2.25. The third-order valence-corrected chi connectivity index (χ3v) is 3.98. The zero-order chi connectivity index (χ0) is 10.8. The van der Waals surface area contributed by atoms with Gasteiger partial charge in [-0.1, -0.05) is 0 Å². The summed E-state index contributed by atoms with van der Waals surface area (Å²) >= 11 is 1.74. The highest BCUT2D eigenvalue weighted by Crippen LogP contribution is 2.35. The number of thiazole rings is 1. The van der Waals surface area contributed by atoms with Crippen LogP contribution in [-0.4, -0.2) is 29.5 Å². The van der Waals surface area contributed by atoms with E-state index in [2.05, 4.69) is 22.3 Å². The third kappa shape index (κ3) is 3.42. The van der Waals surface area contributed by atoms with Crippen LogP contribution in [0.4, 0.5) is 0 Å². The fourth-order valence-electron chi connectivity index (χ4n) is 2.02. The molecule has 1 saturated carbocycles. The molecular formula is C11H20ClN3S. The van der Waals surface area contributed by atoms with Crippen molar-refractivity contribution in [2.75, 3.05) is 13.6 Å². The Morgan fingerprint density at radius 1 is 1.62 bits per heavy atom. The highest BCUT2D eigenvalue weighted by atomic mass is 35.5. The van der Waals surface area contributed by atoms with E-state index in [9.17, 15) is 0 Å². The van der Waals surface area contributed by atoms with E-state index in [-0.39, 0.29) is 12.4 Å². The van der Waals surface area contributed by atoms with Gasteiger partial charge in [0, 0.05) is 23.7 Å². The van der Waals surface area contributed by atoms with E-state index in [1.807, 2.05) is 6.92 Å². The van der Waals surface area contributed by atoms with Crippen LogP contribution in [0.2, 0.25) is 0 Å². The van der Waals surface area contributed by atoms with Gasteiger partial charge < -0.3 is 5.73 Å². The Morgan fingerprint density at radius 2 is 2.31 bits per heavy atom. The monoisotopic (exact) mass is 261 g/mol. The molecule has 0 aromatic carbocycles. The summed E-state index contributed by atoms with van der Waals surface area (Å²) < 4.78 is 0. The Morgan fingerprint density at radius 3 is 2.75 bits per heavy atom. The van der Waals surface area contributed by atoms with Crippen molar-refractivity contribution in [3.8, 4) is 0 Å². The standard InChI is InChI=1S/C11H19N3S.ClH/c1-8-7-15-11(13-8)6-14(2)10(5-12)9-3-4-9;/h7,9-10H,3-6,12H2,1-2H3;1H. The average molecular weight is 262 g/mol. The van der Waals surface area contributed by atoms with Crippen LogP contribution >= 0.6 is 23.7 Å². The summed E-state index contributed by atoms with van der Waals surface area (Å²) in [5.41, 5.74) is 6.94. The van der Waals surface area contributed by atoms with Gasteiger partial charge in [-0.05, 0) is 32.7 Å². The number of hydrogen-bond donors (Lipinski definition) is 1. The zero-order valence-electron chi connectivity index (χ0n) is 9.85. The zero-order valence-corrected chi connectivity index (χ0v) is 11.5. The molecule has 1 heterocycles. The van der Waals surface area contributed by atoms with Crippen molar-refractivity contribution in [2.45, 2.75) is 32.4 Å². The molecule has 0 bridgehead atoms. The Labute approximate surface area is 107 Å². The topological polar surface area (TPSA) is 42.1 Å². The van der Waals surface area contributed by atoms with Crippen LogP contribution in [0, 0.1) is 12.8 Å². The second kappa shape index (κ2) is 5.96. The minimum absolute atomic E-state index is 0. The molecule has 2 rings (SSSR count). The molecule has 1 atom stereocenters. The Hall–Kier alpha value is -0.160. The molecule has 1 aromatic rings. The first-order valence-electron chi connectivity index (χ1n) is 5.52. The molecule has 1 fully saturated rings. The summed E-state index contributed by atoms with van der Waals surface area (Å²) in [5.74, 6) is 0.834. The highest BCUT2D eigenvalue weighted by Gasteiger charge is 2.32. The van der Waals surface area contributed by atoms with Gasteiger partial charge in [-0.25, -0.2) is 4.98 Å². The van der Waals surface area contributed by atoms with Gasteiger partial charge in [-0.15, -0.1) is 23.7 Å². The smallest absolute Gasteiger partial charge is 0.107 e. The second-order valence-electron chi connectivity index (χ2n) is 4.44. The highest BCUT2D eigenvalue weighted by molar-refractivity contribution is 7.09. The summed E-state index contributed by atoms with van der Waals surface area (Å²) in [6.07, 6.45) is 2.70. The van der Waals surface area contributed by atoms with Gasteiger partial charge in [0.05, 0.1) is 6.54 Å². The fourth-order valence-corrected chi connectivity index (χ4v) is 2.85. The van der Waals surface area contributed by atoms with E-state index in [1.165, 1.54) is 17.8 Å². The third-order valence-electron chi connectivity index (χ3n) is 3.03. The van der Waals surface area contributed by atoms with Crippen LogP contribution in [0.15, 0.2) is 5.38 Å². The maximum absolute atomic E-state index is 5.81. The summed E-state index contributed by atoms with van der Waals surface area (Å²) in [6, 6.07) is 0.550. The molecule has 1 aliphatic carbocycles. The fraction of sp³-hybridized carbons (Fsp3) is 0.727. The van der Waals surface area contributed by atoms with Gasteiger partial charge in [0.25, 0.3) is 0 Å². The lowest BCUT2D eigenvalue weighted by Crippen LogP contribution is -2.39. The van der Waals surface area contributed by atoms with Gasteiger partial charge in [0.2, 0.25) is 0 Å². The number of likely N-dealkylation sites (N-methyl/N-ethyl adjacent to an activating group) is 1. The van der Waals surface area contributed by atoms with Crippen molar-refractivity contribution in [3.63, 3.8) is 0 Å². The Balaban J connectivity index is 0.00000128. The molecule has 3 nitrogen and oxygen atoms in total. The minimum atomic E-state index is 0. The van der Waals surface area contributed by atoms with Crippen LogP contribution in [0.1, 0.15) is 23.5 Å². The van der Waals surface area contributed by atoms with Gasteiger partial charge in [0.15, 0.2) is 0 Å². The number of aryl methyl sites for hydroxylation is 1. The lowest BCUT2D eigenvalue weighted by molar-refractivity contribution is 0.215. The van der Waals surface area contributed by atoms with E-state index in [1.54, 1.807) is 11.3 Å². The van der Waals surface area contributed by atoms with Crippen molar-refractivity contribution in [1.29, 1.82) is 0 Å². The van der Waals surface area contributed by atoms with E-state index in [0.717, 1.165) is 24.7 Å². The quantitative estimate of drug-likeness (QED) is 0.882. The molecule has 1 aromatic heterocycles. The van der Waals surface area contributed by atoms with Gasteiger partial charge in [-0.3, -0.25) is 4.90 Å². The molecule has 0 radical (unpaired) electrons. The number of aromatic nitrogens is 1. The number of hydrogen-bond acceptors (Lipinski definition) is 4. The molecule has 0 aliphatic heterocycles. The molecular weight excluding hydrogens is 242 g/mol. The summed E-state index contributed by atoms with van der Waals surface area (Å²) in [4.78, 5) is 6.84. The predicted octanol–water partition coefficient (Wildman–Crippen LogP) is 2.04. The molecule has 0 amide bonds. The first-order chi connectivity index (χ1) is 7.20. The maximum atomic E-state index is 5.81. The number of rotatable bonds is 5. The van der Waals surface area contributed by atoms with E-state index < -0.39 is 0 Å². The Bertz CT molecular complexity index is 325. The predicted molar refractivity (Wildman–Crippen MR) is 71.1 cm³/mol. The van der Waals surface area contributed by atoms with Crippen LogP contribution in [0.3, 0.4) is 0 Å². The molecule has 0 saturated heterocycles. The van der Waals surface area contributed by atoms with Gasteiger partial charge >= 0.3 is 0 Å². The molecule has 16 heavy (non-hydrogen) atoms. The van der Waals surface area contributed by atoms with E-state index in [4.69, 9.17) is 5.73 Å². The summed E-state index contributed by atoms with van der Waals surface area (Å²) in [5, 5.41) is 3.31. The molecule has 0 spiro atoms. The number of nitrogens with zero attached hydrogens (tertiary/aromatic N) is 2. The number of nitrogens with two attached hydrogens (primary N) is 1. The van der Waals surface area contributed by atoms with Gasteiger partial charge in [-0.2, -0.15) is 0 Å². The molecule has 92 valence electrons. The Kier molecular flexibility index (Phi) is 5.18. The molecule has 1 unspecified atom stereocenters. The summed E-state index contributed by atoms with van der Waals surface area (Å²) in [6.45, 7) is 3.75. The van der Waals surface area contributed by atoms with Crippen molar-refractivity contribution in [2.24, 2.45) is 11.7 Å². The normalized spacial score (nSPS) is 17.2. The van der Waals surface area contributed by atoms with Crippen LogP contribution < -0.4 is 5.73 Å². The van der Waals surface area contributed by atoms with Crippen LogP contribution in [0.25, 0.3) is 0 Å². The summed E-state index contributed by atoms with van der Waals surface area (Å²) in [7, 11) is 2.16. The van der Waals surface area contributed by atoms with E-state index in [0.29, 0.717) is 6.04 Å². The SMILES string of the molecule is Cc1csc(CN(C)C(CN)C2CC2)n1.Cl. The lowest BCUT2D eigenvalue weighted by atomic mass is 10.1. The molecule has 5 heteroatoms. The largest absolute Gasteiger partial charge is 0.329 e. The minimum Gasteiger partial charge on any atom is -0.329 e. The molecule has 1 aliphatic rings. The van der Waals surface area contributed by atoms with Crippen molar-refractivity contribution in [3.05, 3.63) is 16.1 Å². The molecule has 2 N–H and O–H groups in total. The van der Waals surface area contributed by atoms with E-state index >= 15 is 0 Å². The average Bonchev–Trinajstić information content (AvgIpc) is 2.93. The van der Waals surface area contributed by atoms with Crippen LogP contribution in [-0.2, 0) is 6.54 Å². The van der Waals surface area contributed by atoms with Gasteiger partial charge in [0.1, 0.15) is 5.01 Å². The second-order valence-corrected chi connectivity index (χ2v) is 5.38.